The Kier molecular flexibility index (Phi) is 3.25. The monoisotopic (exact) mass is 347 g/mol. The molecular formula is C19H25NO3S. The Morgan fingerprint density at radius 2 is 1.92 bits per heavy atom. The number of carbonyl (C=O) groups is 1. The molecule has 0 aromatic heterocycles. The molecule has 4 rings (SSSR count). The van der Waals surface area contributed by atoms with Crippen molar-refractivity contribution in [2.45, 2.75) is 52.5 Å². The average Bonchev–Trinajstić information content (AvgIpc) is 3.01. The van der Waals surface area contributed by atoms with E-state index in [1.807, 2.05) is 31.2 Å². The Hall–Kier alpha value is -1.36. The number of benzene rings is 1. The Bertz CT molecular complexity index is 814. The summed E-state index contributed by atoms with van der Waals surface area (Å²) in [4.78, 5) is 12.7. The van der Waals surface area contributed by atoms with Crippen LogP contribution in [0.4, 0.5) is 5.69 Å². The molecule has 0 N–H and O–H groups in total. The zero-order chi connectivity index (χ0) is 17.3. The Morgan fingerprint density at radius 3 is 2.54 bits per heavy atom. The van der Waals surface area contributed by atoms with Crippen LogP contribution in [0.1, 0.15) is 45.6 Å². The van der Waals surface area contributed by atoms with Crippen molar-refractivity contribution in [3.63, 3.8) is 0 Å². The number of fused-ring (bicyclic) bond motifs is 3. The van der Waals surface area contributed by atoms with Crippen LogP contribution in [0.5, 0.6) is 0 Å². The van der Waals surface area contributed by atoms with E-state index in [9.17, 15) is 13.2 Å². The van der Waals surface area contributed by atoms with E-state index in [0.29, 0.717) is 18.8 Å². The molecule has 1 aliphatic heterocycles. The van der Waals surface area contributed by atoms with E-state index in [1.54, 1.807) is 4.31 Å². The standard InChI is InChI=1S/C19H25NO3S/c1-13-10-14-6-4-5-7-16(14)20(13)24(22,23)12-19-9-8-15(11-17(19)21)18(19,2)3/h4-7,13,15H,8-12H2,1-3H3/t13-,15+,19-/m0/s1. The highest BCUT2D eigenvalue weighted by Gasteiger charge is 2.65. The van der Waals surface area contributed by atoms with Gasteiger partial charge in [0, 0.05) is 12.5 Å². The number of hydrogen-bond donors (Lipinski definition) is 0. The van der Waals surface area contributed by atoms with Crippen LogP contribution in [0.2, 0.25) is 0 Å². The Balaban J connectivity index is 1.74. The van der Waals surface area contributed by atoms with Gasteiger partial charge in [-0.25, -0.2) is 8.42 Å². The molecule has 0 saturated heterocycles. The van der Waals surface area contributed by atoms with Gasteiger partial charge >= 0.3 is 0 Å². The molecule has 0 unspecified atom stereocenters. The molecule has 0 amide bonds. The van der Waals surface area contributed by atoms with Crippen molar-refractivity contribution in [1.29, 1.82) is 0 Å². The fourth-order valence-electron chi connectivity index (χ4n) is 5.45. The summed E-state index contributed by atoms with van der Waals surface area (Å²) in [5.41, 5.74) is 0.944. The minimum absolute atomic E-state index is 0.0407. The van der Waals surface area contributed by atoms with Crippen LogP contribution < -0.4 is 4.31 Å². The lowest BCUT2D eigenvalue weighted by molar-refractivity contribution is -0.128. The minimum atomic E-state index is -3.54. The molecule has 2 fully saturated rings. The molecule has 0 radical (unpaired) electrons. The van der Waals surface area contributed by atoms with Gasteiger partial charge in [0.25, 0.3) is 0 Å². The largest absolute Gasteiger partial charge is 0.299 e. The summed E-state index contributed by atoms with van der Waals surface area (Å²) in [7, 11) is -3.54. The quantitative estimate of drug-likeness (QED) is 0.844. The molecule has 4 nitrogen and oxygen atoms in total. The van der Waals surface area contributed by atoms with Gasteiger partial charge in [-0.3, -0.25) is 9.10 Å². The van der Waals surface area contributed by atoms with Gasteiger partial charge in [-0.2, -0.15) is 0 Å². The Morgan fingerprint density at radius 1 is 1.21 bits per heavy atom. The normalized spacial score (nSPS) is 34.0. The first-order chi connectivity index (χ1) is 11.2. The number of nitrogens with zero attached hydrogens (tertiary/aromatic N) is 1. The zero-order valence-electron chi connectivity index (χ0n) is 14.6. The van der Waals surface area contributed by atoms with Gasteiger partial charge in [-0.1, -0.05) is 32.0 Å². The molecule has 2 aliphatic carbocycles. The van der Waals surface area contributed by atoms with E-state index < -0.39 is 15.4 Å². The van der Waals surface area contributed by atoms with E-state index in [4.69, 9.17) is 0 Å². The summed E-state index contributed by atoms with van der Waals surface area (Å²) in [5.74, 6) is 0.456. The first-order valence-electron chi connectivity index (χ1n) is 8.82. The lowest BCUT2D eigenvalue weighted by Crippen LogP contribution is -2.48. The molecular weight excluding hydrogens is 322 g/mol. The third-order valence-electron chi connectivity index (χ3n) is 7.01. The van der Waals surface area contributed by atoms with Crippen LogP contribution in [0.15, 0.2) is 24.3 Å². The van der Waals surface area contributed by atoms with E-state index in [1.165, 1.54) is 0 Å². The van der Waals surface area contributed by atoms with E-state index in [2.05, 4.69) is 13.8 Å². The molecule has 2 bridgehead atoms. The highest BCUT2D eigenvalue weighted by atomic mass is 32.2. The number of hydrogen-bond acceptors (Lipinski definition) is 3. The summed E-state index contributed by atoms with van der Waals surface area (Å²) >= 11 is 0. The van der Waals surface area contributed by atoms with Gasteiger partial charge in [0.15, 0.2) is 0 Å². The van der Waals surface area contributed by atoms with E-state index in [-0.39, 0.29) is 23.0 Å². The zero-order valence-corrected chi connectivity index (χ0v) is 15.4. The summed E-state index contributed by atoms with van der Waals surface area (Å²) in [5, 5.41) is 0. The number of Topliss-reactive ketones (excluding diaryl/α,β-unsaturated/α-hetero) is 1. The van der Waals surface area contributed by atoms with Crippen molar-refractivity contribution in [1.82, 2.24) is 0 Å². The van der Waals surface area contributed by atoms with Gasteiger partial charge < -0.3 is 0 Å². The van der Waals surface area contributed by atoms with Gasteiger partial charge in [-0.05, 0) is 49.1 Å². The van der Waals surface area contributed by atoms with Crippen molar-refractivity contribution < 1.29 is 13.2 Å². The number of rotatable bonds is 3. The summed E-state index contributed by atoms with van der Waals surface area (Å²) in [6, 6.07) is 7.63. The first-order valence-corrected chi connectivity index (χ1v) is 10.4. The second kappa shape index (κ2) is 4.84. The fourth-order valence-corrected chi connectivity index (χ4v) is 7.99. The highest BCUT2D eigenvalue weighted by molar-refractivity contribution is 7.92. The molecule has 1 heterocycles. The summed E-state index contributed by atoms with van der Waals surface area (Å²) in [6.07, 6.45) is 2.98. The number of para-hydroxylation sites is 1. The minimum Gasteiger partial charge on any atom is -0.299 e. The maximum Gasteiger partial charge on any atom is 0.236 e. The molecule has 24 heavy (non-hydrogen) atoms. The third-order valence-corrected chi connectivity index (χ3v) is 9.03. The van der Waals surface area contributed by atoms with Crippen LogP contribution in [0.3, 0.4) is 0 Å². The molecule has 5 heteroatoms. The van der Waals surface area contributed by atoms with Crippen molar-refractivity contribution in [2.75, 3.05) is 10.1 Å². The number of sulfonamides is 1. The van der Waals surface area contributed by atoms with Crippen LogP contribution in [-0.2, 0) is 21.2 Å². The highest BCUT2D eigenvalue weighted by Crippen LogP contribution is 2.64. The second-order valence-electron chi connectivity index (χ2n) is 8.40. The van der Waals surface area contributed by atoms with Crippen LogP contribution in [0.25, 0.3) is 0 Å². The maximum atomic E-state index is 13.4. The summed E-state index contributed by atoms with van der Waals surface area (Å²) in [6.45, 7) is 6.13. The number of carbonyl (C=O) groups excluding carboxylic acids is 1. The van der Waals surface area contributed by atoms with E-state index >= 15 is 0 Å². The Labute approximate surface area is 144 Å². The lowest BCUT2D eigenvalue weighted by atomic mass is 9.70. The van der Waals surface area contributed by atoms with Gasteiger partial charge in [0.05, 0.1) is 16.9 Å². The molecule has 3 atom stereocenters. The number of anilines is 1. The SMILES string of the molecule is C[C@H]1Cc2ccccc2N1S(=O)(=O)C[C@@]12CC[C@H](CC1=O)C2(C)C. The molecule has 1 aromatic carbocycles. The van der Waals surface area contributed by atoms with E-state index in [0.717, 1.165) is 24.1 Å². The van der Waals surface area contributed by atoms with Gasteiger partial charge in [-0.15, -0.1) is 0 Å². The molecule has 3 aliphatic rings. The lowest BCUT2D eigenvalue weighted by Gasteiger charge is -2.38. The molecule has 130 valence electrons. The second-order valence-corrected chi connectivity index (χ2v) is 10.2. The third kappa shape index (κ3) is 1.91. The fraction of sp³-hybridized carbons (Fsp3) is 0.632. The van der Waals surface area contributed by atoms with Crippen molar-refractivity contribution in [3.8, 4) is 0 Å². The van der Waals surface area contributed by atoms with Crippen LogP contribution in [-0.4, -0.2) is 26.0 Å². The number of ketones is 1. The molecule has 0 spiro atoms. The van der Waals surface area contributed by atoms with Gasteiger partial charge in [0.1, 0.15) is 5.78 Å². The van der Waals surface area contributed by atoms with Crippen molar-refractivity contribution in [2.24, 2.45) is 16.7 Å². The topological polar surface area (TPSA) is 54.5 Å². The van der Waals surface area contributed by atoms with Gasteiger partial charge in [0.2, 0.25) is 10.0 Å². The molecule has 1 aromatic rings. The predicted octanol–water partition coefficient (Wildman–Crippen LogP) is 3.16. The predicted molar refractivity (Wildman–Crippen MR) is 94.4 cm³/mol. The molecule has 2 saturated carbocycles. The van der Waals surface area contributed by atoms with Crippen LogP contribution >= 0.6 is 0 Å². The summed E-state index contributed by atoms with van der Waals surface area (Å²) < 4.78 is 28.3. The van der Waals surface area contributed by atoms with Crippen LogP contribution in [0, 0.1) is 16.7 Å². The average molecular weight is 347 g/mol. The van der Waals surface area contributed by atoms with Crippen molar-refractivity contribution >= 4 is 21.5 Å². The van der Waals surface area contributed by atoms with Crippen molar-refractivity contribution in [3.05, 3.63) is 29.8 Å². The maximum absolute atomic E-state index is 13.4. The first kappa shape index (κ1) is 16.1. The smallest absolute Gasteiger partial charge is 0.236 e.